The van der Waals surface area contributed by atoms with Gasteiger partial charge in [-0.25, -0.2) is 8.78 Å². The molecule has 1 atom stereocenters. The third-order valence-electron chi connectivity index (χ3n) is 2.06. The second-order valence-electron chi connectivity index (χ2n) is 3.21. The van der Waals surface area contributed by atoms with Crippen molar-refractivity contribution in [3.63, 3.8) is 0 Å². The van der Waals surface area contributed by atoms with E-state index in [-0.39, 0.29) is 11.6 Å². The molecule has 1 aromatic carbocycles. The van der Waals surface area contributed by atoms with E-state index in [1.807, 2.05) is 0 Å². The first-order valence-corrected chi connectivity index (χ1v) is 4.16. The lowest BCUT2D eigenvalue weighted by Gasteiger charge is -2.10. The first-order chi connectivity index (χ1) is 6.02. The largest absolute Gasteiger partial charge is 0.324 e. The SMILES string of the molecule is Cc1ccc(C(C)N)cc1C(F)F. The molecule has 0 saturated heterocycles. The fourth-order valence-electron chi connectivity index (χ4n) is 1.18. The second-order valence-corrected chi connectivity index (χ2v) is 3.21. The van der Waals surface area contributed by atoms with E-state index < -0.39 is 6.43 Å². The molecule has 13 heavy (non-hydrogen) atoms. The maximum absolute atomic E-state index is 12.4. The highest BCUT2D eigenvalue weighted by molar-refractivity contribution is 5.33. The molecule has 3 heteroatoms. The molecule has 0 bridgehead atoms. The van der Waals surface area contributed by atoms with Crippen molar-refractivity contribution in [1.82, 2.24) is 0 Å². The van der Waals surface area contributed by atoms with Gasteiger partial charge >= 0.3 is 0 Å². The molecule has 0 radical (unpaired) electrons. The molecule has 2 N–H and O–H groups in total. The Morgan fingerprint density at radius 1 is 1.31 bits per heavy atom. The van der Waals surface area contributed by atoms with Crippen molar-refractivity contribution in [2.45, 2.75) is 26.3 Å². The Labute approximate surface area is 76.6 Å². The number of nitrogens with two attached hydrogens (primary N) is 1. The van der Waals surface area contributed by atoms with E-state index in [4.69, 9.17) is 5.73 Å². The molecule has 1 nitrogen and oxygen atoms in total. The standard InChI is InChI=1S/C10H13F2N/c1-6-3-4-8(7(2)13)5-9(6)10(11)12/h3-5,7,10H,13H2,1-2H3. The third-order valence-corrected chi connectivity index (χ3v) is 2.06. The Kier molecular flexibility index (Phi) is 2.98. The summed E-state index contributed by atoms with van der Waals surface area (Å²) < 4.78 is 24.9. The van der Waals surface area contributed by atoms with Gasteiger partial charge in [-0.15, -0.1) is 0 Å². The zero-order valence-electron chi connectivity index (χ0n) is 7.72. The average molecular weight is 185 g/mol. The molecule has 1 unspecified atom stereocenters. The monoisotopic (exact) mass is 185 g/mol. The van der Waals surface area contributed by atoms with Crippen LogP contribution in [0.2, 0.25) is 0 Å². The van der Waals surface area contributed by atoms with Crippen molar-refractivity contribution in [2.24, 2.45) is 5.73 Å². The molecule has 0 fully saturated rings. The van der Waals surface area contributed by atoms with Crippen LogP contribution in [0, 0.1) is 6.92 Å². The molecule has 0 aliphatic heterocycles. The fourth-order valence-corrected chi connectivity index (χ4v) is 1.18. The summed E-state index contributed by atoms with van der Waals surface area (Å²) in [7, 11) is 0. The van der Waals surface area contributed by atoms with Crippen LogP contribution in [0.25, 0.3) is 0 Å². The summed E-state index contributed by atoms with van der Waals surface area (Å²) in [5, 5.41) is 0. The van der Waals surface area contributed by atoms with Gasteiger partial charge in [0.1, 0.15) is 0 Å². The molecule has 0 aromatic heterocycles. The Hall–Kier alpha value is -0.960. The van der Waals surface area contributed by atoms with Crippen molar-refractivity contribution in [3.8, 4) is 0 Å². The number of hydrogen-bond acceptors (Lipinski definition) is 1. The van der Waals surface area contributed by atoms with Crippen LogP contribution >= 0.6 is 0 Å². The number of halogens is 2. The zero-order chi connectivity index (χ0) is 10.0. The third kappa shape index (κ3) is 2.25. The summed E-state index contributed by atoms with van der Waals surface area (Å²) in [6, 6.07) is 4.74. The van der Waals surface area contributed by atoms with Gasteiger partial charge in [0.2, 0.25) is 0 Å². The molecule has 1 rings (SSSR count). The van der Waals surface area contributed by atoms with E-state index in [1.165, 1.54) is 6.07 Å². The molecule has 0 aliphatic rings. The van der Waals surface area contributed by atoms with E-state index in [1.54, 1.807) is 26.0 Å². The maximum atomic E-state index is 12.4. The topological polar surface area (TPSA) is 26.0 Å². The minimum atomic E-state index is -2.42. The Morgan fingerprint density at radius 2 is 1.92 bits per heavy atom. The molecule has 0 amide bonds. The highest BCUT2D eigenvalue weighted by Crippen LogP contribution is 2.25. The molecule has 1 aromatic rings. The summed E-state index contributed by atoms with van der Waals surface area (Å²) >= 11 is 0. The van der Waals surface area contributed by atoms with Gasteiger partial charge in [-0.2, -0.15) is 0 Å². The van der Waals surface area contributed by atoms with Gasteiger partial charge in [-0.05, 0) is 31.0 Å². The Balaban J connectivity index is 3.11. The average Bonchev–Trinajstić information content (AvgIpc) is 2.04. The van der Waals surface area contributed by atoms with Crippen LogP contribution in [0.3, 0.4) is 0 Å². The van der Waals surface area contributed by atoms with E-state index in [0.717, 1.165) is 5.56 Å². The van der Waals surface area contributed by atoms with Gasteiger partial charge < -0.3 is 5.73 Å². The van der Waals surface area contributed by atoms with Crippen molar-refractivity contribution < 1.29 is 8.78 Å². The quantitative estimate of drug-likeness (QED) is 0.753. The van der Waals surface area contributed by atoms with E-state index >= 15 is 0 Å². The molecule has 0 aliphatic carbocycles. The number of aryl methyl sites for hydroxylation is 1. The lowest BCUT2D eigenvalue weighted by molar-refractivity contribution is 0.150. The predicted molar refractivity (Wildman–Crippen MR) is 48.7 cm³/mol. The van der Waals surface area contributed by atoms with Gasteiger partial charge in [-0.1, -0.05) is 12.1 Å². The number of rotatable bonds is 2. The normalized spacial score (nSPS) is 13.4. The van der Waals surface area contributed by atoms with Crippen LogP contribution in [0.15, 0.2) is 18.2 Å². The smallest absolute Gasteiger partial charge is 0.264 e. The Morgan fingerprint density at radius 3 is 2.38 bits per heavy atom. The number of alkyl halides is 2. The molecule has 0 spiro atoms. The van der Waals surface area contributed by atoms with Crippen LogP contribution in [0.1, 0.15) is 36.1 Å². The van der Waals surface area contributed by atoms with Gasteiger partial charge in [0.05, 0.1) is 0 Å². The van der Waals surface area contributed by atoms with E-state index in [9.17, 15) is 8.78 Å². The minimum absolute atomic E-state index is 0.0785. The van der Waals surface area contributed by atoms with Gasteiger partial charge in [0, 0.05) is 11.6 Å². The molecule has 0 saturated carbocycles. The number of benzene rings is 1. The summed E-state index contributed by atoms with van der Waals surface area (Å²) in [6.07, 6.45) is -2.42. The highest BCUT2D eigenvalue weighted by Gasteiger charge is 2.11. The van der Waals surface area contributed by atoms with Crippen molar-refractivity contribution >= 4 is 0 Å². The molecule has 0 heterocycles. The number of hydrogen-bond donors (Lipinski definition) is 1. The summed E-state index contributed by atoms with van der Waals surface area (Å²) in [5.74, 6) is 0. The first kappa shape index (κ1) is 10.1. The summed E-state index contributed by atoms with van der Waals surface area (Å²) in [5.41, 5.74) is 7.03. The Bertz CT molecular complexity index is 295. The van der Waals surface area contributed by atoms with Crippen LogP contribution < -0.4 is 5.73 Å². The van der Waals surface area contributed by atoms with Gasteiger partial charge in [0.15, 0.2) is 0 Å². The van der Waals surface area contributed by atoms with Gasteiger partial charge in [-0.3, -0.25) is 0 Å². The van der Waals surface area contributed by atoms with E-state index in [2.05, 4.69) is 0 Å². The second kappa shape index (κ2) is 3.83. The van der Waals surface area contributed by atoms with E-state index in [0.29, 0.717) is 5.56 Å². The molecule has 72 valence electrons. The van der Waals surface area contributed by atoms with Crippen LogP contribution in [0.5, 0.6) is 0 Å². The first-order valence-electron chi connectivity index (χ1n) is 4.16. The minimum Gasteiger partial charge on any atom is -0.324 e. The molecular weight excluding hydrogens is 172 g/mol. The highest BCUT2D eigenvalue weighted by atomic mass is 19.3. The maximum Gasteiger partial charge on any atom is 0.264 e. The summed E-state index contributed by atoms with van der Waals surface area (Å²) in [6.45, 7) is 3.45. The lowest BCUT2D eigenvalue weighted by atomic mass is 10.0. The van der Waals surface area contributed by atoms with Crippen molar-refractivity contribution in [2.75, 3.05) is 0 Å². The van der Waals surface area contributed by atoms with Gasteiger partial charge in [0.25, 0.3) is 6.43 Å². The lowest BCUT2D eigenvalue weighted by Crippen LogP contribution is -2.06. The van der Waals surface area contributed by atoms with Crippen LogP contribution in [-0.4, -0.2) is 0 Å². The van der Waals surface area contributed by atoms with Crippen LogP contribution in [0.4, 0.5) is 8.78 Å². The van der Waals surface area contributed by atoms with Crippen LogP contribution in [-0.2, 0) is 0 Å². The predicted octanol–water partition coefficient (Wildman–Crippen LogP) is 2.95. The summed E-state index contributed by atoms with van der Waals surface area (Å²) in [4.78, 5) is 0. The fraction of sp³-hybridized carbons (Fsp3) is 0.400. The zero-order valence-corrected chi connectivity index (χ0v) is 7.72. The van der Waals surface area contributed by atoms with Crippen molar-refractivity contribution in [1.29, 1.82) is 0 Å². The van der Waals surface area contributed by atoms with Crippen molar-refractivity contribution in [3.05, 3.63) is 34.9 Å². The molecular formula is C10H13F2N.